The summed E-state index contributed by atoms with van der Waals surface area (Å²) in [7, 11) is -0.444. The van der Waals surface area contributed by atoms with Gasteiger partial charge >= 0.3 is 0 Å². The fraction of sp³-hybridized carbons (Fsp3) is 1.00. The molecule has 52 valence electrons. The van der Waals surface area contributed by atoms with Crippen molar-refractivity contribution in [1.82, 2.24) is 0 Å². The van der Waals surface area contributed by atoms with Crippen LogP contribution in [0.1, 0.15) is 33.1 Å². The van der Waals surface area contributed by atoms with Gasteiger partial charge in [0.1, 0.15) is 8.16 Å². The van der Waals surface area contributed by atoms with Crippen LogP contribution in [0.25, 0.3) is 0 Å². The highest BCUT2D eigenvalue weighted by molar-refractivity contribution is 7.63. The van der Waals surface area contributed by atoms with Gasteiger partial charge in [0.2, 0.25) is 0 Å². The van der Waals surface area contributed by atoms with E-state index in [1.54, 1.807) is 0 Å². The lowest BCUT2D eigenvalue weighted by Crippen LogP contribution is -1.59. The summed E-state index contributed by atoms with van der Waals surface area (Å²) in [5.74, 6) is 0. The second-order valence-corrected chi connectivity index (χ2v) is 2.11. The molecule has 0 spiro atoms. The normalized spacial score (nSPS) is 9.00. The second kappa shape index (κ2) is 15.6. The minimum Gasteiger partial charge on any atom is -0.361 e. The molecule has 0 aliphatic rings. The first kappa shape index (κ1) is 11.5. The highest BCUT2D eigenvalue weighted by atomic mass is 35.7. The predicted octanol–water partition coefficient (Wildman–Crippen LogP) is 2.92. The molecule has 8 heavy (non-hydrogen) atoms. The Morgan fingerprint density at radius 1 is 1.38 bits per heavy atom. The van der Waals surface area contributed by atoms with Crippen molar-refractivity contribution < 1.29 is 4.89 Å². The smallest absolute Gasteiger partial charge is 0.106 e. The number of hydrogen-bond donors (Lipinski definition) is 1. The number of hydrogen-bond acceptors (Lipinski definition) is 1. The molecule has 1 N–H and O–H groups in total. The SMILES string of the molecule is CCCCC.OPCl. The summed E-state index contributed by atoms with van der Waals surface area (Å²) in [5.41, 5.74) is 0. The molecular formula is C5H14ClOP. The Labute approximate surface area is 58.1 Å². The van der Waals surface area contributed by atoms with Gasteiger partial charge in [-0.15, -0.1) is 0 Å². The van der Waals surface area contributed by atoms with Gasteiger partial charge in [0.05, 0.1) is 0 Å². The van der Waals surface area contributed by atoms with E-state index in [0.29, 0.717) is 0 Å². The second-order valence-electron chi connectivity index (χ2n) is 1.44. The van der Waals surface area contributed by atoms with Gasteiger partial charge in [-0.1, -0.05) is 44.4 Å². The standard InChI is InChI=1S/C5H12.ClH2OP/c1-3-5-4-2;1-3-2/h3-5H2,1-2H3;2-3H. The Kier molecular flexibility index (Phi) is 22.4. The van der Waals surface area contributed by atoms with E-state index in [1.807, 2.05) is 0 Å². The van der Waals surface area contributed by atoms with Crippen LogP contribution in [-0.4, -0.2) is 4.89 Å². The van der Waals surface area contributed by atoms with E-state index in [9.17, 15) is 0 Å². The quantitative estimate of drug-likeness (QED) is 0.610. The van der Waals surface area contributed by atoms with Crippen LogP contribution in [0.4, 0.5) is 0 Å². The molecule has 0 aliphatic carbocycles. The number of rotatable bonds is 2. The van der Waals surface area contributed by atoms with Gasteiger partial charge in [-0.2, -0.15) is 0 Å². The predicted molar refractivity (Wildman–Crippen MR) is 41.6 cm³/mol. The van der Waals surface area contributed by atoms with Crippen molar-refractivity contribution in [1.29, 1.82) is 0 Å². The lowest BCUT2D eigenvalue weighted by atomic mass is 10.3. The lowest BCUT2D eigenvalue weighted by Gasteiger charge is -1.79. The molecular weight excluding hydrogens is 142 g/mol. The van der Waals surface area contributed by atoms with Crippen LogP contribution in [0.5, 0.6) is 0 Å². The van der Waals surface area contributed by atoms with Gasteiger partial charge in [0.15, 0.2) is 0 Å². The summed E-state index contributed by atoms with van der Waals surface area (Å²) in [4.78, 5) is 7.36. The molecule has 0 heterocycles. The monoisotopic (exact) mass is 156 g/mol. The van der Waals surface area contributed by atoms with E-state index in [0.717, 1.165) is 0 Å². The van der Waals surface area contributed by atoms with Crippen LogP contribution in [0, 0.1) is 0 Å². The first-order chi connectivity index (χ1) is 3.83. The lowest BCUT2D eigenvalue weighted by molar-refractivity contribution is 0.659. The van der Waals surface area contributed by atoms with E-state index < -0.39 is 8.16 Å². The largest absolute Gasteiger partial charge is 0.361 e. The summed E-state index contributed by atoms with van der Waals surface area (Å²) < 4.78 is 0. The topological polar surface area (TPSA) is 20.2 Å². The number of halogens is 1. The van der Waals surface area contributed by atoms with Crippen LogP contribution < -0.4 is 0 Å². The molecule has 1 unspecified atom stereocenters. The molecule has 0 amide bonds. The Hall–Kier alpha value is 0.680. The molecule has 0 rings (SSSR count). The molecule has 1 nitrogen and oxygen atoms in total. The summed E-state index contributed by atoms with van der Waals surface area (Å²) in [6.07, 6.45) is 4.08. The van der Waals surface area contributed by atoms with Crippen molar-refractivity contribution in [3.63, 3.8) is 0 Å². The first-order valence-electron chi connectivity index (χ1n) is 2.83. The molecule has 0 aromatic rings. The van der Waals surface area contributed by atoms with E-state index in [-0.39, 0.29) is 0 Å². The molecule has 0 fully saturated rings. The molecule has 0 radical (unpaired) electrons. The van der Waals surface area contributed by atoms with Crippen molar-refractivity contribution in [3.8, 4) is 0 Å². The van der Waals surface area contributed by atoms with Crippen molar-refractivity contribution in [3.05, 3.63) is 0 Å². The fourth-order valence-electron chi connectivity index (χ4n) is 0.354. The molecule has 0 aromatic heterocycles. The molecule has 3 heteroatoms. The van der Waals surface area contributed by atoms with Gasteiger partial charge in [-0.3, -0.25) is 0 Å². The van der Waals surface area contributed by atoms with Gasteiger partial charge in [0, 0.05) is 0 Å². The van der Waals surface area contributed by atoms with Gasteiger partial charge in [0.25, 0.3) is 0 Å². The maximum atomic E-state index is 7.36. The average Bonchev–Trinajstić information content (AvgIpc) is 1.71. The Morgan fingerprint density at radius 3 is 1.62 bits per heavy atom. The van der Waals surface area contributed by atoms with E-state index >= 15 is 0 Å². The van der Waals surface area contributed by atoms with Gasteiger partial charge in [-0.05, 0) is 0 Å². The molecule has 0 aliphatic heterocycles. The Balaban J connectivity index is 0. The third-order valence-electron chi connectivity index (χ3n) is 0.707. The molecule has 1 atom stereocenters. The van der Waals surface area contributed by atoms with Crippen molar-refractivity contribution in [2.75, 3.05) is 0 Å². The van der Waals surface area contributed by atoms with Crippen molar-refractivity contribution in [2.24, 2.45) is 0 Å². The molecule has 0 saturated heterocycles. The van der Waals surface area contributed by atoms with Gasteiger partial charge in [-0.25, -0.2) is 0 Å². The van der Waals surface area contributed by atoms with Gasteiger partial charge < -0.3 is 4.89 Å². The van der Waals surface area contributed by atoms with E-state index in [1.165, 1.54) is 19.3 Å². The molecule has 0 aromatic carbocycles. The van der Waals surface area contributed by atoms with Crippen LogP contribution in [-0.2, 0) is 0 Å². The summed E-state index contributed by atoms with van der Waals surface area (Å²) in [5, 5.41) is 0. The third-order valence-corrected chi connectivity index (χ3v) is 0.707. The minimum absolute atomic E-state index is 0.444. The summed E-state index contributed by atoms with van der Waals surface area (Å²) >= 11 is 4.58. The average molecular weight is 157 g/mol. The van der Waals surface area contributed by atoms with Crippen LogP contribution >= 0.6 is 19.4 Å². The maximum absolute atomic E-state index is 7.36. The number of unbranched alkanes of at least 4 members (excludes halogenated alkanes) is 2. The minimum atomic E-state index is -0.444. The van der Waals surface area contributed by atoms with Crippen LogP contribution in [0.3, 0.4) is 0 Å². The zero-order chi connectivity index (χ0) is 6.83. The summed E-state index contributed by atoms with van der Waals surface area (Å²) in [6.45, 7) is 4.42. The zero-order valence-electron chi connectivity index (χ0n) is 5.45. The Morgan fingerprint density at radius 2 is 1.62 bits per heavy atom. The van der Waals surface area contributed by atoms with E-state index in [2.05, 4.69) is 25.1 Å². The highest BCUT2D eigenvalue weighted by Gasteiger charge is 1.68. The summed E-state index contributed by atoms with van der Waals surface area (Å²) in [6, 6.07) is 0. The molecule has 0 saturated carbocycles. The van der Waals surface area contributed by atoms with Crippen LogP contribution in [0.15, 0.2) is 0 Å². The van der Waals surface area contributed by atoms with Crippen molar-refractivity contribution >= 4 is 19.4 Å². The highest BCUT2D eigenvalue weighted by Crippen LogP contribution is 2.04. The van der Waals surface area contributed by atoms with E-state index in [4.69, 9.17) is 4.89 Å². The van der Waals surface area contributed by atoms with Crippen LogP contribution in [0.2, 0.25) is 0 Å². The molecule has 0 bridgehead atoms. The Bertz CT molecular complexity index is 26.4. The maximum Gasteiger partial charge on any atom is 0.106 e. The fourth-order valence-corrected chi connectivity index (χ4v) is 0.354. The third kappa shape index (κ3) is 30.0. The van der Waals surface area contributed by atoms with Crippen molar-refractivity contribution in [2.45, 2.75) is 33.1 Å². The first-order valence-corrected chi connectivity index (χ1v) is 4.79. The zero-order valence-corrected chi connectivity index (χ0v) is 7.20.